The molecular formula is C8H14N4OS. The first kappa shape index (κ1) is 11.2. The fourth-order valence-corrected chi connectivity index (χ4v) is 1.61. The van der Waals surface area contributed by atoms with E-state index >= 15 is 0 Å². The second kappa shape index (κ2) is 5.14. The van der Waals surface area contributed by atoms with Gasteiger partial charge in [-0.1, -0.05) is 18.7 Å². The maximum Gasteiger partial charge on any atom is 0.159 e. The van der Waals surface area contributed by atoms with Crippen molar-refractivity contribution in [2.45, 2.75) is 30.2 Å². The average molecular weight is 214 g/mol. The molecule has 6 heteroatoms. The van der Waals surface area contributed by atoms with Gasteiger partial charge in [-0.05, 0) is 6.92 Å². The van der Waals surface area contributed by atoms with E-state index in [9.17, 15) is 5.11 Å². The van der Waals surface area contributed by atoms with Crippen LogP contribution in [-0.4, -0.2) is 26.4 Å². The summed E-state index contributed by atoms with van der Waals surface area (Å²) in [5.74, 6) is 5.72. The lowest BCUT2D eigenvalue weighted by atomic mass is 10.3. The van der Waals surface area contributed by atoms with E-state index in [1.54, 1.807) is 13.1 Å². The zero-order chi connectivity index (χ0) is 10.6. The van der Waals surface area contributed by atoms with Crippen molar-refractivity contribution < 1.29 is 5.11 Å². The van der Waals surface area contributed by atoms with Crippen molar-refractivity contribution in [1.82, 2.24) is 9.97 Å². The van der Waals surface area contributed by atoms with Gasteiger partial charge in [-0.15, -0.1) is 0 Å². The Labute approximate surface area is 87.1 Å². The Morgan fingerprint density at radius 2 is 2.21 bits per heavy atom. The third kappa shape index (κ3) is 3.13. The van der Waals surface area contributed by atoms with Gasteiger partial charge in [0, 0.05) is 5.25 Å². The third-order valence-electron chi connectivity index (χ3n) is 1.75. The second-order valence-corrected chi connectivity index (χ2v) is 4.35. The molecule has 1 aromatic rings. The van der Waals surface area contributed by atoms with Crippen molar-refractivity contribution in [2.24, 2.45) is 5.84 Å². The molecule has 4 N–H and O–H groups in total. The smallest absolute Gasteiger partial charge is 0.159 e. The van der Waals surface area contributed by atoms with Gasteiger partial charge in [-0.3, -0.25) is 4.98 Å². The number of rotatable bonds is 4. The summed E-state index contributed by atoms with van der Waals surface area (Å²) in [5, 5.41) is 10.1. The van der Waals surface area contributed by atoms with Gasteiger partial charge in [0.2, 0.25) is 0 Å². The number of hydrazine groups is 1. The maximum atomic E-state index is 9.30. The average Bonchev–Trinajstić information content (AvgIpc) is 2.18. The number of nitrogens with two attached hydrogens (primary N) is 1. The number of nitrogen functional groups attached to an aromatic ring is 1. The minimum Gasteiger partial charge on any atom is -0.392 e. The number of thioether (sulfide) groups is 1. The van der Waals surface area contributed by atoms with E-state index in [1.807, 2.05) is 6.92 Å². The van der Waals surface area contributed by atoms with Gasteiger partial charge in [-0.25, -0.2) is 10.8 Å². The van der Waals surface area contributed by atoms with Crippen LogP contribution in [0.2, 0.25) is 0 Å². The maximum absolute atomic E-state index is 9.30. The molecule has 0 aliphatic carbocycles. The zero-order valence-electron chi connectivity index (χ0n) is 8.14. The molecule has 0 saturated heterocycles. The first-order chi connectivity index (χ1) is 6.63. The largest absolute Gasteiger partial charge is 0.392 e. The Morgan fingerprint density at radius 3 is 2.79 bits per heavy atom. The van der Waals surface area contributed by atoms with Crippen LogP contribution in [0.5, 0.6) is 0 Å². The van der Waals surface area contributed by atoms with E-state index in [2.05, 4.69) is 15.4 Å². The third-order valence-corrected chi connectivity index (χ3v) is 2.95. The van der Waals surface area contributed by atoms with Crippen molar-refractivity contribution in [3.8, 4) is 0 Å². The summed E-state index contributed by atoms with van der Waals surface area (Å²) in [5.41, 5.74) is 2.42. The van der Waals surface area contributed by atoms with Crippen LogP contribution < -0.4 is 11.3 Å². The number of anilines is 1. The highest BCUT2D eigenvalue weighted by atomic mass is 32.2. The van der Waals surface area contributed by atoms with E-state index in [4.69, 9.17) is 5.84 Å². The predicted octanol–water partition coefficient (Wildman–Crippen LogP) is 0.624. The summed E-state index contributed by atoms with van der Waals surface area (Å²) in [7, 11) is 0. The number of aromatic nitrogens is 2. The highest BCUT2D eigenvalue weighted by Gasteiger charge is 2.11. The van der Waals surface area contributed by atoms with E-state index in [-0.39, 0.29) is 11.4 Å². The molecule has 0 saturated carbocycles. The molecular weight excluding hydrogens is 200 g/mol. The molecule has 1 aromatic heterocycles. The van der Waals surface area contributed by atoms with Crippen LogP contribution >= 0.6 is 11.8 Å². The number of aliphatic hydroxyl groups is 1. The van der Waals surface area contributed by atoms with Crippen molar-refractivity contribution in [3.63, 3.8) is 0 Å². The Kier molecular flexibility index (Phi) is 4.12. The minimum absolute atomic E-state index is 0.0809. The van der Waals surface area contributed by atoms with Crippen LogP contribution in [0.1, 0.15) is 13.8 Å². The molecule has 0 amide bonds. The van der Waals surface area contributed by atoms with Crippen LogP contribution in [0.3, 0.4) is 0 Å². The van der Waals surface area contributed by atoms with Crippen molar-refractivity contribution in [2.75, 3.05) is 5.43 Å². The highest BCUT2D eigenvalue weighted by molar-refractivity contribution is 7.99. The molecule has 0 spiro atoms. The summed E-state index contributed by atoms with van der Waals surface area (Å²) in [4.78, 5) is 8.13. The van der Waals surface area contributed by atoms with Crippen LogP contribution in [-0.2, 0) is 0 Å². The van der Waals surface area contributed by atoms with Crippen molar-refractivity contribution in [3.05, 3.63) is 12.4 Å². The van der Waals surface area contributed by atoms with E-state index < -0.39 is 0 Å². The minimum atomic E-state index is -0.378. The van der Waals surface area contributed by atoms with E-state index in [1.165, 1.54) is 18.0 Å². The quantitative estimate of drug-likeness (QED) is 0.387. The monoisotopic (exact) mass is 214 g/mol. The molecule has 2 atom stereocenters. The number of hydrogen-bond donors (Lipinski definition) is 3. The Hall–Kier alpha value is -0.850. The SMILES string of the molecule is CC(O)C(C)Sc1cncc(NN)n1. The molecule has 0 aromatic carbocycles. The highest BCUT2D eigenvalue weighted by Crippen LogP contribution is 2.23. The lowest BCUT2D eigenvalue weighted by molar-refractivity contribution is 0.196. The molecule has 1 rings (SSSR count). The van der Waals surface area contributed by atoms with Gasteiger partial charge in [0.1, 0.15) is 5.03 Å². The molecule has 0 aliphatic rings. The summed E-state index contributed by atoms with van der Waals surface area (Å²) in [6.45, 7) is 3.68. The topological polar surface area (TPSA) is 84.1 Å². The fraction of sp³-hybridized carbons (Fsp3) is 0.500. The molecule has 14 heavy (non-hydrogen) atoms. The second-order valence-electron chi connectivity index (χ2n) is 2.95. The van der Waals surface area contributed by atoms with Gasteiger partial charge in [-0.2, -0.15) is 0 Å². The van der Waals surface area contributed by atoms with Crippen molar-refractivity contribution in [1.29, 1.82) is 0 Å². The van der Waals surface area contributed by atoms with Gasteiger partial charge >= 0.3 is 0 Å². The normalized spacial score (nSPS) is 14.9. The first-order valence-electron chi connectivity index (χ1n) is 4.27. The standard InChI is InChI=1S/C8H14N4OS/c1-5(13)6(2)14-8-4-10-3-7(11-8)12-9/h3-6,13H,9H2,1-2H3,(H,11,12). The summed E-state index contributed by atoms with van der Waals surface area (Å²) in [6, 6.07) is 0. The Morgan fingerprint density at radius 1 is 1.50 bits per heavy atom. The number of aliphatic hydroxyl groups excluding tert-OH is 1. The number of hydrogen-bond acceptors (Lipinski definition) is 6. The zero-order valence-corrected chi connectivity index (χ0v) is 8.95. The molecule has 2 unspecified atom stereocenters. The molecule has 0 radical (unpaired) electrons. The van der Waals surface area contributed by atoms with Crippen LogP contribution in [0.25, 0.3) is 0 Å². The fourth-order valence-electron chi connectivity index (χ4n) is 0.763. The van der Waals surface area contributed by atoms with Gasteiger partial charge < -0.3 is 10.5 Å². The van der Waals surface area contributed by atoms with Gasteiger partial charge in [0.05, 0.1) is 18.5 Å². The van der Waals surface area contributed by atoms with Gasteiger partial charge in [0.25, 0.3) is 0 Å². The molecule has 0 aliphatic heterocycles. The number of nitrogens with zero attached hydrogens (tertiary/aromatic N) is 2. The Balaban J connectivity index is 2.66. The number of nitrogens with one attached hydrogen (secondary N) is 1. The molecule has 1 heterocycles. The van der Waals surface area contributed by atoms with Crippen LogP contribution in [0.15, 0.2) is 17.4 Å². The predicted molar refractivity (Wildman–Crippen MR) is 56.8 cm³/mol. The molecule has 5 nitrogen and oxygen atoms in total. The first-order valence-corrected chi connectivity index (χ1v) is 5.15. The molecule has 78 valence electrons. The summed E-state index contributed by atoms with van der Waals surface area (Å²) >= 11 is 1.46. The van der Waals surface area contributed by atoms with E-state index in [0.717, 1.165) is 5.03 Å². The van der Waals surface area contributed by atoms with E-state index in [0.29, 0.717) is 5.82 Å². The van der Waals surface area contributed by atoms with Crippen molar-refractivity contribution >= 4 is 17.6 Å². The Bertz CT molecular complexity index is 294. The lowest BCUT2D eigenvalue weighted by Gasteiger charge is -2.13. The molecule has 0 fully saturated rings. The molecule has 0 bridgehead atoms. The van der Waals surface area contributed by atoms with Crippen LogP contribution in [0, 0.1) is 0 Å². The van der Waals surface area contributed by atoms with Crippen LogP contribution in [0.4, 0.5) is 5.82 Å². The summed E-state index contributed by atoms with van der Waals surface area (Å²) in [6.07, 6.45) is 2.80. The summed E-state index contributed by atoms with van der Waals surface area (Å²) < 4.78 is 0. The lowest BCUT2D eigenvalue weighted by Crippen LogP contribution is -2.15. The van der Waals surface area contributed by atoms with Gasteiger partial charge in [0.15, 0.2) is 5.82 Å².